The molecule has 0 radical (unpaired) electrons. The number of epoxide rings is 1. The molecule has 0 spiro atoms. The molecule has 3 rings (SSSR count). The molecule has 2 unspecified atom stereocenters. The number of rotatable bonds is 3. The average Bonchev–Trinajstić information content (AvgIpc) is 3.21. The maximum atomic E-state index is 11.9. The second-order valence-electron chi connectivity index (χ2n) is 4.26. The number of hydrogen-bond acceptors (Lipinski definition) is 3. The molecule has 2 atom stereocenters. The number of benzene rings is 2. The van der Waals surface area contributed by atoms with Gasteiger partial charge in [-0.15, -0.1) is 0 Å². The molecule has 1 aliphatic rings. The first kappa shape index (κ1) is 12.2. The molecule has 96 valence electrons. The van der Waals surface area contributed by atoms with Crippen molar-refractivity contribution in [3.63, 3.8) is 0 Å². The lowest BCUT2D eigenvalue weighted by Crippen LogP contribution is -2.15. The Bertz CT molecular complexity index is 580. The minimum atomic E-state index is -0.526. The molecule has 0 saturated carbocycles. The smallest absolute Gasteiger partial charge is 0.343 e. The van der Waals surface area contributed by atoms with E-state index in [0.29, 0.717) is 10.8 Å². The minimum absolute atomic E-state index is 0.228. The van der Waals surface area contributed by atoms with Crippen molar-refractivity contribution in [2.24, 2.45) is 0 Å². The summed E-state index contributed by atoms with van der Waals surface area (Å²) >= 11 is 5.81. The molecule has 3 nitrogen and oxygen atoms in total. The molecule has 19 heavy (non-hydrogen) atoms. The van der Waals surface area contributed by atoms with Crippen molar-refractivity contribution in [1.29, 1.82) is 0 Å². The standard InChI is InChI=1S/C15H11ClO3/c16-11-8-6-10(7-9-11)13-14(19-13)15(17)18-12-4-2-1-3-5-12/h1-9,13-14H. The van der Waals surface area contributed by atoms with Gasteiger partial charge in [-0.3, -0.25) is 0 Å². The molecule has 0 amide bonds. The molecular weight excluding hydrogens is 264 g/mol. The van der Waals surface area contributed by atoms with Crippen LogP contribution in [-0.4, -0.2) is 12.1 Å². The van der Waals surface area contributed by atoms with Crippen LogP contribution >= 0.6 is 11.6 Å². The van der Waals surface area contributed by atoms with Gasteiger partial charge >= 0.3 is 5.97 Å². The maximum absolute atomic E-state index is 11.9. The molecule has 2 aromatic rings. The van der Waals surface area contributed by atoms with Gasteiger partial charge in [-0.1, -0.05) is 41.9 Å². The van der Waals surface area contributed by atoms with Gasteiger partial charge in [-0.2, -0.15) is 0 Å². The summed E-state index contributed by atoms with van der Waals surface area (Å²) in [5.41, 5.74) is 0.930. The van der Waals surface area contributed by atoms with E-state index in [2.05, 4.69) is 0 Å². The van der Waals surface area contributed by atoms with E-state index >= 15 is 0 Å². The molecule has 4 heteroatoms. The number of esters is 1. The Hall–Kier alpha value is -1.84. The van der Waals surface area contributed by atoms with Crippen LogP contribution in [0.1, 0.15) is 11.7 Å². The van der Waals surface area contributed by atoms with Gasteiger partial charge in [0.25, 0.3) is 0 Å². The summed E-state index contributed by atoms with van der Waals surface area (Å²) < 4.78 is 10.6. The first-order valence-corrected chi connectivity index (χ1v) is 6.29. The zero-order chi connectivity index (χ0) is 13.2. The highest BCUT2D eigenvalue weighted by Crippen LogP contribution is 2.39. The Morgan fingerprint density at radius 1 is 1.05 bits per heavy atom. The van der Waals surface area contributed by atoms with Gasteiger partial charge in [-0.25, -0.2) is 4.79 Å². The van der Waals surface area contributed by atoms with Crippen LogP contribution in [0.4, 0.5) is 0 Å². The number of para-hydroxylation sites is 1. The fourth-order valence-electron chi connectivity index (χ4n) is 1.86. The Morgan fingerprint density at radius 3 is 2.42 bits per heavy atom. The quantitative estimate of drug-likeness (QED) is 0.489. The zero-order valence-corrected chi connectivity index (χ0v) is 10.7. The summed E-state index contributed by atoms with van der Waals surface area (Å²) in [6, 6.07) is 16.2. The summed E-state index contributed by atoms with van der Waals surface area (Å²) in [5.74, 6) is 0.156. The molecule has 0 aliphatic carbocycles. The van der Waals surface area contributed by atoms with Gasteiger partial charge in [0.1, 0.15) is 11.9 Å². The van der Waals surface area contributed by atoms with E-state index in [0.717, 1.165) is 5.56 Å². The topological polar surface area (TPSA) is 38.8 Å². The molecule has 1 fully saturated rings. The fourth-order valence-corrected chi connectivity index (χ4v) is 1.99. The molecule has 1 heterocycles. The number of carbonyl (C=O) groups is 1. The number of hydrogen-bond donors (Lipinski definition) is 0. The number of halogens is 1. The SMILES string of the molecule is O=C(Oc1ccccc1)C1OC1c1ccc(Cl)cc1. The molecule has 0 bridgehead atoms. The van der Waals surface area contributed by atoms with Gasteiger partial charge in [-0.05, 0) is 29.8 Å². The predicted molar refractivity (Wildman–Crippen MR) is 71.1 cm³/mol. The Balaban J connectivity index is 1.63. The highest BCUT2D eigenvalue weighted by atomic mass is 35.5. The monoisotopic (exact) mass is 274 g/mol. The second kappa shape index (κ2) is 5.03. The van der Waals surface area contributed by atoms with E-state index < -0.39 is 6.10 Å². The van der Waals surface area contributed by atoms with Gasteiger partial charge < -0.3 is 9.47 Å². The molecule has 1 aliphatic heterocycles. The summed E-state index contributed by atoms with van der Waals surface area (Å²) in [6.45, 7) is 0. The van der Waals surface area contributed by atoms with E-state index in [-0.39, 0.29) is 12.1 Å². The lowest BCUT2D eigenvalue weighted by molar-refractivity contribution is -0.135. The summed E-state index contributed by atoms with van der Waals surface area (Å²) in [6.07, 6.45) is -0.755. The lowest BCUT2D eigenvalue weighted by atomic mass is 10.1. The second-order valence-corrected chi connectivity index (χ2v) is 4.70. The first-order valence-electron chi connectivity index (χ1n) is 5.92. The van der Waals surface area contributed by atoms with Crippen LogP contribution in [0.3, 0.4) is 0 Å². The molecular formula is C15H11ClO3. The Labute approximate surface area is 115 Å². The molecule has 0 aromatic heterocycles. The molecule has 2 aromatic carbocycles. The predicted octanol–water partition coefficient (Wildman–Crippen LogP) is 3.39. The van der Waals surface area contributed by atoms with Crippen molar-refractivity contribution < 1.29 is 14.3 Å². The third-order valence-electron chi connectivity index (χ3n) is 2.88. The third-order valence-corrected chi connectivity index (χ3v) is 3.14. The summed E-state index contributed by atoms with van der Waals surface area (Å²) in [5, 5.41) is 0.660. The highest BCUT2D eigenvalue weighted by molar-refractivity contribution is 6.30. The molecule has 1 saturated heterocycles. The summed E-state index contributed by atoms with van der Waals surface area (Å²) in [7, 11) is 0. The lowest BCUT2D eigenvalue weighted by Gasteiger charge is -2.01. The Morgan fingerprint density at radius 2 is 1.74 bits per heavy atom. The van der Waals surface area contributed by atoms with E-state index in [1.165, 1.54) is 0 Å². The van der Waals surface area contributed by atoms with Gasteiger partial charge in [0, 0.05) is 5.02 Å². The first-order chi connectivity index (χ1) is 9.24. The van der Waals surface area contributed by atoms with Crippen LogP contribution in [0.2, 0.25) is 5.02 Å². The van der Waals surface area contributed by atoms with Crippen LogP contribution in [0.15, 0.2) is 54.6 Å². The maximum Gasteiger partial charge on any atom is 0.343 e. The number of carbonyl (C=O) groups excluding carboxylic acids is 1. The van der Waals surface area contributed by atoms with Crippen LogP contribution in [0.25, 0.3) is 0 Å². The highest BCUT2D eigenvalue weighted by Gasteiger charge is 2.47. The van der Waals surface area contributed by atoms with E-state index in [1.807, 2.05) is 30.3 Å². The average molecular weight is 275 g/mol. The van der Waals surface area contributed by atoms with Crippen LogP contribution in [0.5, 0.6) is 5.75 Å². The van der Waals surface area contributed by atoms with E-state index in [1.54, 1.807) is 24.3 Å². The zero-order valence-electron chi connectivity index (χ0n) is 9.95. The largest absolute Gasteiger partial charge is 0.425 e. The van der Waals surface area contributed by atoms with Gasteiger partial charge in [0.2, 0.25) is 0 Å². The van der Waals surface area contributed by atoms with Crippen LogP contribution in [-0.2, 0) is 9.53 Å². The third kappa shape index (κ3) is 2.78. The minimum Gasteiger partial charge on any atom is -0.425 e. The Kier molecular flexibility index (Phi) is 3.23. The molecule has 0 N–H and O–H groups in total. The van der Waals surface area contributed by atoms with Crippen molar-refractivity contribution in [2.75, 3.05) is 0 Å². The fraction of sp³-hybridized carbons (Fsp3) is 0.133. The van der Waals surface area contributed by atoms with Crippen molar-refractivity contribution in [2.45, 2.75) is 12.2 Å². The number of ether oxygens (including phenoxy) is 2. The van der Waals surface area contributed by atoms with E-state index in [9.17, 15) is 4.79 Å². The van der Waals surface area contributed by atoms with Gasteiger partial charge in [0.05, 0.1) is 0 Å². The van der Waals surface area contributed by atoms with E-state index in [4.69, 9.17) is 21.1 Å². The van der Waals surface area contributed by atoms with Crippen molar-refractivity contribution in [3.05, 3.63) is 65.2 Å². The normalized spacial score (nSPS) is 20.9. The van der Waals surface area contributed by atoms with Crippen molar-refractivity contribution in [3.8, 4) is 5.75 Å². The van der Waals surface area contributed by atoms with Gasteiger partial charge in [0.15, 0.2) is 6.10 Å². The van der Waals surface area contributed by atoms with Crippen molar-refractivity contribution in [1.82, 2.24) is 0 Å². The van der Waals surface area contributed by atoms with Crippen LogP contribution in [0, 0.1) is 0 Å². The summed E-state index contributed by atoms with van der Waals surface area (Å²) in [4.78, 5) is 11.9. The van der Waals surface area contributed by atoms with Crippen molar-refractivity contribution >= 4 is 17.6 Å². The van der Waals surface area contributed by atoms with Crippen LogP contribution < -0.4 is 4.74 Å².